The number of fused-ring (bicyclic) bond motifs is 1. The lowest BCUT2D eigenvalue weighted by molar-refractivity contribution is -0.123. The molecule has 1 heterocycles. The molecule has 0 aromatic heterocycles. The highest BCUT2D eigenvalue weighted by Crippen LogP contribution is 2.32. The Morgan fingerprint density at radius 1 is 1.29 bits per heavy atom. The highest BCUT2D eigenvalue weighted by Gasteiger charge is 2.27. The van der Waals surface area contributed by atoms with Crippen molar-refractivity contribution in [3.63, 3.8) is 0 Å². The smallest absolute Gasteiger partial charge is 0.265 e. The molecule has 0 spiro atoms. The van der Waals surface area contributed by atoms with Crippen LogP contribution in [0, 0.1) is 6.92 Å². The molecule has 3 rings (SSSR count). The Kier molecular flexibility index (Phi) is 4.37. The first-order valence-corrected chi connectivity index (χ1v) is 7.55. The molecule has 2 aromatic rings. The molecule has 0 bridgehead atoms. The molecule has 24 heavy (non-hydrogen) atoms. The molecule has 6 heteroatoms. The molecule has 1 aliphatic heterocycles. The minimum atomic E-state index is -0.304. The van der Waals surface area contributed by atoms with Gasteiger partial charge in [-0.1, -0.05) is 18.2 Å². The van der Waals surface area contributed by atoms with Crippen molar-refractivity contribution >= 4 is 23.2 Å². The van der Waals surface area contributed by atoms with Gasteiger partial charge in [-0.15, -0.1) is 0 Å². The standard InChI is InChI=1S/C18H18N2O4/c1-12-7-8-14-16(9-12)24-11-18(22)20(14)10-17(21)19-13-5-3-4-6-15(13)23-2/h3-9H,10-11H2,1-2H3,(H,19,21). The molecule has 1 N–H and O–H groups in total. The van der Waals surface area contributed by atoms with Crippen LogP contribution in [0.4, 0.5) is 11.4 Å². The molecule has 1 aliphatic rings. The number of rotatable bonds is 4. The summed E-state index contributed by atoms with van der Waals surface area (Å²) in [5, 5.41) is 2.77. The summed E-state index contributed by atoms with van der Waals surface area (Å²) >= 11 is 0. The van der Waals surface area contributed by atoms with Gasteiger partial charge in [0.15, 0.2) is 6.61 Å². The molecule has 124 valence electrons. The summed E-state index contributed by atoms with van der Waals surface area (Å²) in [7, 11) is 1.54. The zero-order chi connectivity index (χ0) is 17.1. The van der Waals surface area contributed by atoms with Gasteiger partial charge >= 0.3 is 0 Å². The van der Waals surface area contributed by atoms with Gasteiger partial charge in [0.05, 0.1) is 18.5 Å². The van der Waals surface area contributed by atoms with Crippen LogP contribution in [0.15, 0.2) is 42.5 Å². The van der Waals surface area contributed by atoms with Gasteiger partial charge in [-0.05, 0) is 36.8 Å². The molecule has 2 amide bonds. The van der Waals surface area contributed by atoms with Crippen molar-refractivity contribution in [3.8, 4) is 11.5 Å². The average molecular weight is 326 g/mol. The lowest BCUT2D eigenvalue weighted by Crippen LogP contribution is -2.43. The van der Waals surface area contributed by atoms with Crippen molar-refractivity contribution in [2.45, 2.75) is 6.92 Å². The molecule has 0 unspecified atom stereocenters. The number of ether oxygens (including phenoxy) is 2. The number of methoxy groups -OCH3 is 1. The van der Waals surface area contributed by atoms with Gasteiger partial charge in [-0.3, -0.25) is 14.5 Å². The Morgan fingerprint density at radius 2 is 2.08 bits per heavy atom. The van der Waals surface area contributed by atoms with E-state index in [1.807, 2.05) is 25.1 Å². The molecule has 0 saturated carbocycles. The maximum Gasteiger partial charge on any atom is 0.265 e. The summed E-state index contributed by atoms with van der Waals surface area (Å²) in [6.45, 7) is 1.79. The zero-order valence-corrected chi connectivity index (χ0v) is 13.5. The van der Waals surface area contributed by atoms with E-state index < -0.39 is 0 Å². The fraction of sp³-hybridized carbons (Fsp3) is 0.222. The second-order valence-corrected chi connectivity index (χ2v) is 5.49. The van der Waals surface area contributed by atoms with Crippen molar-refractivity contribution in [2.75, 3.05) is 30.5 Å². The van der Waals surface area contributed by atoms with Crippen molar-refractivity contribution in [3.05, 3.63) is 48.0 Å². The van der Waals surface area contributed by atoms with Gasteiger partial charge < -0.3 is 14.8 Å². The van der Waals surface area contributed by atoms with Gasteiger partial charge in [0.2, 0.25) is 5.91 Å². The largest absolute Gasteiger partial charge is 0.495 e. The molecular weight excluding hydrogens is 308 g/mol. The quantitative estimate of drug-likeness (QED) is 0.936. The monoisotopic (exact) mass is 326 g/mol. The van der Waals surface area contributed by atoms with Crippen LogP contribution >= 0.6 is 0 Å². The third kappa shape index (κ3) is 3.17. The van der Waals surface area contributed by atoms with Crippen molar-refractivity contribution in [1.29, 1.82) is 0 Å². The summed E-state index contributed by atoms with van der Waals surface area (Å²) < 4.78 is 10.7. The van der Waals surface area contributed by atoms with Gasteiger partial charge in [-0.2, -0.15) is 0 Å². The first-order chi connectivity index (χ1) is 11.6. The van der Waals surface area contributed by atoms with E-state index in [0.29, 0.717) is 22.9 Å². The number of para-hydroxylation sites is 2. The van der Waals surface area contributed by atoms with E-state index in [0.717, 1.165) is 5.56 Å². The fourth-order valence-electron chi connectivity index (χ4n) is 2.57. The summed E-state index contributed by atoms with van der Waals surface area (Å²) in [5.74, 6) is 0.623. The number of amides is 2. The zero-order valence-electron chi connectivity index (χ0n) is 13.5. The van der Waals surface area contributed by atoms with Crippen LogP contribution in [0.2, 0.25) is 0 Å². The van der Waals surface area contributed by atoms with Gasteiger partial charge in [0, 0.05) is 0 Å². The van der Waals surface area contributed by atoms with Gasteiger partial charge in [-0.25, -0.2) is 0 Å². The Balaban J connectivity index is 1.78. The van der Waals surface area contributed by atoms with Crippen LogP contribution in [0.25, 0.3) is 0 Å². The first kappa shape index (κ1) is 15.9. The maximum absolute atomic E-state index is 12.4. The molecule has 0 aliphatic carbocycles. The van der Waals surface area contributed by atoms with E-state index in [4.69, 9.17) is 9.47 Å². The van der Waals surface area contributed by atoms with Crippen molar-refractivity contribution in [1.82, 2.24) is 0 Å². The Hall–Kier alpha value is -3.02. The number of hydrogen-bond donors (Lipinski definition) is 1. The lowest BCUT2D eigenvalue weighted by atomic mass is 10.1. The lowest BCUT2D eigenvalue weighted by Gasteiger charge is -2.29. The van der Waals surface area contributed by atoms with Crippen molar-refractivity contribution < 1.29 is 19.1 Å². The second kappa shape index (κ2) is 6.62. The number of nitrogens with one attached hydrogen (secondary N) is 1. The number of nitrogens with zero attached hydrogens (tertiary/aromatic N) is 1. The van der Waals surface area contributed by atoms with E-state index in [1.54, 1.807) is 24.3 Å². The van der Waals surface area contributed by atoms with Crippen LogP contribution in [0.1, 0.15) is 5.56 Å². The second-order valence-electron chi connectivity index (χ2n) is 5.49. The summed E-state index contributed by atoms with van der Waals surface area (Å²) in [4.78, 5) is 26.0. The van der Waals surface area contributed by atoms with Crippen LogP contribution in [-0.4, -0.2) is 32.1 Å². The minimum absolute atomic E-state index is 0.0710. The predicted octanol–water partition coefficient (Wildman–Crippen LogP) is 2.37. The first-order valence-electron chi connectivity index (χ1n) is 7.55. The van der Waals surface area contributed by atoms with Crippen LogP contribution in [0.5, 0.6) is 11.5 Å². The maximum atomic E-state index is 12.4. The molecule has 0 radical (unpaired) electrons. The number of carbonyl (C=O) groups is 2. The number of anilines is 2. The molecule has 0 fully saturated rings. The average Bonchev–Trinajstić information content (AvgIpc) is 2.58. The highest BCUT2D eigenvalue weighted by atomic mass is 16.5. The molecule has 2 aromatic carbocycles. The van der Waals surface area contributed by atoms with E-state index in [1.165, 1.54) is 12.0 Å². The molecule has 6 nitrogen and oxygen atoms in total. The Labute approximate surface area is 140 Å². The number of carbonyl (C=O) groups excluding carboxylic acids is 2. The summed E-state index contributed by atoms with van der Waals surface area (Å²) in [6, 6.07) is 12.6. The molecular formula is C18H18N2O4. The van der Waals surface area contributed by atoms with E-state index in [-0.39, 0.29) is 25.0 Å². The number of benzene rings is 2. The minimum Gasteiger partial charge on any atom is -0.495 e. The third-order valence-electron chi connectivity index (χ3n) is 3.74. The molecule has 0 atom stereocenters. The van der Waals surface area contributed by atoms with Crippen LogP contribution < -0.4 is 19.7 Å². The van der Waals surface area contributed by atoms with Crippen LogP contribution in [-0.2, 0) is 9.59 Å². The topological polar surface area (TPSA) is 67.9 Å². The van der Waals surface area contributed by atoms with Crippen molar-refractivity contribution in [2.24, 2.45) is 0 Å². The summed E-state index contributed by atoms with van der Waals surface area (Å²) in [5.41, 5.74) is 2.20. The predicted molar refractivity (Wildman–Crippen MR) is 90.7 cm³/mol. The van der Waals surface area contributed by atoms with E-state index in [9.17, 15) is 9.59 Å². The number of hydrogen-bond acceptors (Lipinski definition) is 4. The SMILES string of the molecule is COc1ccccc1NC(=O)CN1C(=O)COc2cc(C)ccc21. The normalized spacial score (nSPS) is 13.1. The third-order valence-corrected chi connectivity index (χ3v) is 3.74. The van der Waals surface area contributed by atoms with Gasteiger partial charge in [0.25, 0.3) is 5.91 Å². The van der Waals surface area contributed by atoms with Crippen LogP contribution in [0.3, 0.4) is 0 Å². The Bertz CT molecular complexity index is 788. The van der Waals surface area contributed by atoms with Gasteiger partial charge in [0.1, 0.15) is 18.0 Å². The highest BCUT2D eigenvalue weighted by molar-refractivity contribution is 6.05. The number of aryl methyl sites for hydroxylation is 1. The fourth-order valence-corrected chi connectivity index (χ4v) is 2.57. The van der Waals surface area contributed by atoms with E-state index in [2.05, 4.69) is 5.32 Å². The Morgan fingerprint density at radius 3 is 2.88 bits per heavy atom. The van der Waals surface area contributed by atoms with E-state index >= 15 is 0 Å². The molecule has 0 saturated heterocycles. The summed E-state index contributed by atoms with van der Waals surface area (Å²) in [6.07, 6.45) is 0.